The van der Waals surface area contributed by atoms with Gasteiger partial charge in [-0.25, -0.2) is 0 Å². The Balaban J connectivity index is 1.71. The Morgan fingerprint density at radius 3 is 1.50 bits per heavy atom. The molecule has 2 amide bonds. The third kappa shape index (κ3) is 12.1. The molecule has 4 saturated heterocycles. The summed E-state index contributed by atoms with van der Waals surface area (Å²) in [6, 6.07) is -3.34. The van der Waals surface area contributed by atoms with Crippen molar-refractivity contribution in [1.82, 2.24) is 10.6 Å². The SMILES string of the molecule is CC(=O)N[C@H]1[C@H](O[C@@H]2[C@@H](NC(C)=O)[C@H](OC[C@H]3O[C@@H](O[C@@H]([C@H](O)[C@@H](O)CO)[C@H](O)CO)[C@H](O)[C@@H](O)[C@H]3O)O[C@H](CO)[C@H]2O[C@@H]2O[C@H](CO)[C@H](O)[C@H](O)[C@H]2O)O[C@H](CO)[C@@H](O)[C@@H]1O. The molecule has 28 heteroatoms. The lowest BCUT2D eigenvalue weighted by Crippen LogP contribution is -2.71. The van der Waals surface area contributed by atoms with E-state index in [0.717, 1.165) is 13.8 Å². The van der Waals surface area contributed by atoms with Crippen molar-refractivity contribution in [2.24, 2.45) is 0 Å². The maximum Gasteiger partial charge on any atom is 0.217 e. The van der Waals surface area contributed by atoms with Crippen molar-refractivity contribution >= 4 is 11.8 Å². The first-order valence-electron chi connectivity index (χ1n) is 19.5. The van der Waals surface area contributed by atoms with Crippen molar-refractivity contribution in [2.45, 2.75) is 161 Å². The van der Waals surface area contributed by atoms with Gasteiger partial charge in [0.25, 0.3) is 0 Å². The summed E-state index contributed by atoms with van der Waals surface area (Å²) in [6.07, 6.45) is -41.6. The van der Waals surface area contributed by atoms with Crippen LogP contribution >= 0.6 is 0 Å². The fourth-order valence-corrected chi connectivity index (χ4v) is 7.32. The zero-order valence-corrected chi connectivity index (χ0v) is 33.3. The standard InChI is InChI=1S/C34H60N2O26/c1-9(42)35-17-23(50)20(47)13(5-39)56-32(17)62-30-18(36-10(2)43)31(58-15(7-41)29(30)61-33-26(53)24(51)21(48)14(6-40)57-33)55-8-16-22(49)25(52)27(54)34(59-16)60-28(12(45)4-38)19(46)11(44)3-37/h11-34,37-41,44-54H,3-8H2,1-2H3,(H,35,42)(H,36,43)/t11-,12+,13+,14+,15+,16+,17+,18+,19+,20+,21-,22-,23+,24-,25-,26+,27+,28+,29+,30+,31+,32-,33-,34-/m0/s1. The molecule has 0 unspecified atom stereocenters. The number of aliphatic hydroxyl groups excluding tert-OH is 16. The highest BCUT2D eigenvalue weighted by atomic mass is 16.8. The smallest absolute Gasteiger partial charge is 0.217 e. The minimum atomic E-state index is -2.12. The van der Waals surface area contributed by atoms with Gasteiger partial charge >= 0.3 is 0 Å². The highest BCUT2D eigenvalue weighted by molar-refractivity contribution is 5.73. The Morgan fingerprint density at radius 1 is 0.516 bits per heavy atom. The van der Waals surface area contributed by atoms with E-state index in [1.54, 1.807) is 0 Å². The first-order chi connectivity index (χ1) is 29.2. The van der Waals surface area contributed by atoms with Crippen LogP contribution in [0.15, 0.2) is 0 Å². The van der Waals surface area contributed by atoms with Crippen LogP contribution in [-0.4, -0.2) is 280 Å². The number of hydrogen-bond donors (Lipinski definition) is 18. The number of ether oxygens (including phenoxy) is 8. The minimum Gasteiger partial charge on any atom is -0.394 e. The number of amides is 2. The van der Waals surface area contributed by atoms with E-state index in [2.05, 4.69) is 10.6 Å². The molecule has 24 atom stereocenters. The zero-order valence-electron chi connectivity index (χ0n) is 33.3. The van der Waals surface area contributed by atoms with Crippen LogP contribution in [0.4, 0.5) is 0 Å². The first-order valence-corrected chi connectivity index (χ1v) is 19.5. The van der Waals surface area contributed by atoms with Gasteiger partial charge in [0, 0.05) is 13.8 Å². The van der Waals surface area contributed by atoms with Crippen LogP contribution in [0.1, 0.15) is 13.8 Å². The highest BCUT2D eigenvalue weighted by Crippen LogP contribution is 2.35. The van der Waals surface area contributed by atoms with Gasteiger partial charge in [-0.05, 0) is 0 Å². The molecular weight excluding hydrogens is 852 g/mol. The molecule has 18 N–H and O–H groups in total. The predicted molar refractivity (Wildman–Crippen MR) is 192 cm³/mol. The van der Waals surface area contributed by atoms with Gasteiger partial charge in [-0.1, -0.05) is 0 Å². The Morgan fingerprint density at radius 2 is 0.968 bits per heavy atom. The molecule has 62 heavy (non-hydrogen) atoms. The summed E-state index contributed by atoms with van der Waals surface area (Å²) in [5.74, 6) is -1.61. The monoisotopic (exact) mass is 912 g/mol. The Bertz CT molecular complexity index is 1390. The highest BCUT2D eigenvalue weighted by Gasteiger charge is 2.56. The topological polar surface area (TPSA) is 456 Å². The van der Waals surface area contributed by atoms with Crippen molar-refractivity contribution in [3.8, 4) is 0 Å². The molecule has 0 bridgehead atoms. The van der Waals surface area contributed by atoms with Gasteiger partial charge in [0.1, 0.15) is 122 Å². The summed E-state index contributed by atoms with van der Waals surface area (Å²) >= 11 is 0. The van der Waals surface area contributed by atoms with E-state index in [1.807, 2.05) is 0 Å². The first kappa shape index (κ1) is 52.6. The zero-order chi connectivity index (χ0) is 46.3. The van der Waals surface area contributed by atoms with Gasteiger partial charge in [-0.2, -0.15) is 0 Å². The number of rotatable bonds is 19. The molecule has 0 radical (unpaired) electrons. The number of carbonyl (C=O) groups is 2. The van der Waals surface area contributed by atoms with Gasteiger partial charge in [0.2, 0.25) is 11.8 Å². The normalized spacial score (nSPS) is 43.6. The van der Waals surface area contributed by atoms with E-state index in [0.29, 0.717) is 0 Å². The number of hydrogen-bond acceptors (Lipinski definition) is 26. The van der Waals surface area contributed by atoms with Crippen LogP contribution in [0.3, 0.4) is 0 Å². The molecule has 362 valence electrons. The van der Waals surface area contributed by atoms with E-state index < -0.39 is 199 Å². The lowest BCUT2D eigenvalue weighted by atomic mass is 9.93. The summed E-state index contributed by atoms with van der Waals surface area (Å²) < 4.78 is 46.3. The van der Waals surface area contributed by atoms with Crippen LogP contribution in [-0.2, 0) is 47.5 Å². The third-order valence-corrected chi connectivity index (χ3v) is 10.7. The molecule has 4 aliphatic rings. The summed E-state index contributed by atoms with van der Waals surface area (Å²) in [5.41, 5.74) is 0. The van der Waals surface area contributed by atoms with E-state index >= 15 is 0 Å². The third-order valence-electron chi connectivity index (χ3n) is 10.7. The molecule has 28 nitrogen and oxygen atoms in total. The van der Waals surface area contributed by atoms with Crippen molar-refractivity contribution in [3.05, 3.63) is 0 Å². The summed E-state index contributed by atoms with van der Waals surface area (Å²) in [6.45, 7) is -3.74. The fourth-order valence-electron chi connectivity index (χ4n) is 7.32. The summed E-state index contributed by atoms with van der Waals surface area (Å²) in [4.78, 5) is 25.0. The van der Waals surface area contributed by atoms with Crippen LogP contribution < -0.4 is 10.6 Å². The molecule has 4 aliphatic heterocycles. The average Bonchev–Trinajstić information content (AvgIpc) is 3.24. The van der Waals surface area contributed by atoms with Crippen LogP contribution in [0.5, 0.6) is 0 Å². The quantitative estimate of drug-likeness (QED) is 0.0572. The van der Waals surface area contributed by atoms with E-state index in [9.17, 15) is 91.3 Å². The predicted octanol–water partition coefficient (Wildman–Crippen LogP) is -12.0. The summed E-state index contributed by atoms with van der Waals surface area (Å²) in [5, 5.41) is 170. The van der Waals surface area contributed by atoms with Crippen LogP contribution in [0, 0.1) is 0 Å². The Hall–Kier alpha value is -2.02. The fraction of sp³-hybridized carbons (Fsp3) is 0.941. The molecule has 0 aliphatic carbocycles. The van der Waals surface area contributed by atoms with Gasteiger partial charge in [-0.15, -0.1) is 0 Å². The second-order valence-corrected chi connectivity index (χ2v) is 15.2. The molecule has 0 aromatic carbocycles. The average molecular weight is 913 g/mol. The molecule has 0 aromatic heterocycles. The van der Waals surface area contributed by atoms with Crippen molar-refractivity contribution in [1.29, 1.82) is 0 Å². The Labute approximate surface area is 352 Å². The Kier molecular flexibility index (Phi) is 19.9. The second-order valence-electron chi connectivity index (χ2n) is 15.2. The van der Waals surface area contributed by atoms with Gasteiger partial charge in [0.15, 0.2) is 25.2 Å². The van der Waals surface area contributed by atoms with Crippen LogP contribution in [0.2, 0.25) is 0 Å². The largest absolute Gasteiger partial charge is 0.394 e. The number of aliphatic hydroxyl groups is 16. The molecule has 4 rings (SSSR count). The van der Waals surface area contributed by atoms with Crippen molar-refractivity contribution in [3.63, 3.8) is 0 Å². The molecule has 0 spiro atoms. The molecule has 0 aromatic rings. The minimum absolute atomic E-state index is 0.772. The maximum absolute atomic E-state index is 12.8. The van der Waals surface area contributed by atoms with E-state index in [-0.39, 0.29) is 0 Å². The van der Waals surface area contributed by atoms with Crippen LogP contribution in [0.25, 0.3) is 0 Å². The van der Waals surface area contributed by atoms with Gasteiger partial charge in [0.05, 0.1) is 39.6 Å². The maximum atomic E-state index is 12.8. The molecule has 0 saturated carbocycles. The van der Waals surface area contributed by atoms with Gasteiger partial charge in [-0.3, -0.25) is 9.59 Å². The second kappa shape index (κ2) is 23.4. The molecule has 4 fully saturated rings. The molecule has 4 heterocycles. The number of carbonyl (C=O) groups excluding carboxylic acids is 2. The van der Waals surface area contributed by atoms with E-state index in [1.165, 1.54) is 0 Å². The van der Waals surface area contributed by atoms with Crippen molar-refractivity contribution in [2.75, 3.05) is 39.6 Å². The van der Waals surface area contributed by atoms with E-state index in [4.69, 9.17) is 37.9 Å². The van der Waals surface area contributed by atoms with Crippen molar-refractivity contribution < 1.29 is 129 Å². The van der Waals surface area contributed by atoms with Gasteiger partial charge < -0.3 is 130 Å². The lowest BCUT2D eigenvalue weighted by Gasteiger charge is -2.51. The molecular formula is C34H60N2O26. The summed E-state index contributed by atoms with van der Waals surface area (Å²) in [7, 11) is 0. The number of nitrogens with one attached hydrogen (secondary N) is 2. The lowest BCUT2D eigenvalue weighted by molar-refractivity contribution is -0.372.